The number of hydrogen-bond acceptors (Lipinski definition) is 2. The van der Waals surface area contributed by atoms with Crippen molar-refractivity contribution >= 4 is 5.69 Å². The minimum absolute atomic E-state index is 0.140. The third-order valence-electron chi connectivity index (χ3n) is 4.04. The van der Waals surface area contributed by atoms with Crippen LogP contribution in [-0.4, -0.2) is 0 Å². The van der Waals surface area contributed by atoms with Gasteiger partial charge in [-0.2, -0.15) is 0 Å². The third kappa shape index (κ3) is 3.66. The van der Waals surface area contributed by atoms with E-state index in [1.807, 2.05) is 42.5 Å². The highest BCUT2D eigenvalue weighted by atomic mass is 16.5. The Kier molecular flexibility index (Phi) is 4.69. The van der Waals surface area contributed by atoms with Crippen LogP contribution in [0.1, 0.15) is 32.3 Å². The zero-order chi connectivity index (χ0) is 15.3. The van der Waals surface area contributed by atoms with Crippen LogP contribution in [0.25, 0.3) is 0 Å². The number of nitrogen functional groups attached to an aromatic ring is 1. The van der Waals surface area contributed by atoms with E-state index in [9.17, 15) is 0 Å². The molecule has 0 amide bonds. The molecular formula is C19H23NO. The lowest BCUT2D eigenvalue weighted by Crippen LogP contribution is -2.19. The van der Waals surface area contributed by atoms with Gasteiger partial charge in [0, 0.05) is 5.69 Å². The highest BCUT2D eigenvalue weighted by Gasteiger charge is 2.22. The summed E-state index contributed by atoms with van der Waals surface area (Å²) in [5.74, 6) is 1.63. The van der Waals surface area contributed by atoms with Crippen molar-refractivity contribution in [2.45, 2.75) is 32.1 Å². The van der Waals surface area contributed by atoms with Crippen LogP contribution in [-0.2, 0) is 5.41 Å². The Hall–Kier alpha value is -2.22. The van der Waals surface area contributed by atoms with Gasteiger partial charge in [-0.05, 0) is 60.2 Å². The zero-order valence-corrected chi connectivity index (χ0v) is 12.8. The Balaban J connectivity index is 2.15. The molecule has 21 heavy (non-hydrogen) atoms. The smallest absolute Gasteiger partial charge is 0.127 e. The van der Waals surface area contributed by atoms with Gasteiger partial charge in [0.1, 0.15) is 11.5 Å². The second-order valence-electron chi connectivity index (χ2n) is 5.60. The maximum absolute atomic E-state index is 5.82. The molecule has 2 nitrogen and oxygen atoms in total. The molecule has 1 unspecified atom stereocenters. The number of benzene rings is 2. The highest BCUT2D eigenvalue weighted by Crippen LogP contribution is 2.33. The monoisotopic (exact) mass is 281 g/mol. The standard InChI is InChI=1S/C19H23NO/c1-4-14-19(3,5-2)15-6-10-17(11-7-15)21-18-12-8-16(20)9-13-18/h4,6-13H,1,5,14,20H2,2-3H3. The zero-order valence-electron chi connectivity index (χ0n) is 12.8. The molecule has 0 spiro atoms. The van der Waals surface area contributed by atoms with Gasteiger partial charge in [-0.25, -0.2) is 0 Å². The second kappa shape index (κ2) is 6.49. The first kappa shape index (κ1) is 15.2. The summed E-state index contributed by atoms with van der Waals surface area (Å²) < 4.78 is 5.82. The first-order chi connectivity index (χ1) is 10.1. The fraction of sp³-hybridized carbons (Fsp3) is 0.263. The third-order valence-corrected chi connectivity index (χ3v) is 4.04. The van der Waals surface area contributed by atoms with Crippen LogP contribution < -0.4 is 10.5 Å². The molecule has 0 aliphatic heterocycles. The van der Waals surface area contributed by atoms with Gasteiger partial charge in [0.2, 0.25) is 0 Å². The number of allylic oxidation sites excluding steroid dienone is 1. The summed E-state index contributed by atoms with van der Waals surface area (Å²) in [6.07, 6.45) is 4.04. The highest BCUT2D eigenvalue weighted by molar-refractivity contribution is 5.43. The van der Waals surface area contributed by atoms with Crippen molar-refractivity contribution in [3.05, 3.63) is 66.7 Å². The molecule has 2 rings (SSSR count). The average molecular weight is 281 g/mol. The molecule has 110 valence electrons. The molecule has 2 aromatic carbocycles. The van der Waals surface area contributed by atoms with Gasteiger partial charge >= 0.3 is 0 Å². The largest absolute Gasteiger partial charge is 0.457 e. The van der Waals surface area contributed by atoms with Crippen molar-refractivity contribution in [1.82, 2.24) is 0 Å². The van der Waals surface area contributed by atoms with E-state index in [1.165, 1.54) is 5.56 Å². The molecule has 2 N–H and O–H groups in total. The molecule has 0 saturated heterocycles. The molecule has 0 heterocycles. The van der Waals surface area contributed by atoms with Crippen LogP contribution in [0.4, 0.5) is 5.69 Å². The molecule has 0 fully saturated rings. The number of nitrogens with two attached hydrogens (primary N) is 1. The van der Waals surface area contributed by atoms with E-state index >= 15 is 0 Å². The lowest BCUT2D eigenvalue weighted by atomic mass is 9.77. The Labute approximate surface area is 127 Å². The summed E-state index contributed by atoms with van der Waals surface area (Å²) in [6.45, 7) is 8.34. The SMILES string of the molecule is C=CCC(C)(CC)c1ccc(Oc2ccc(N)cc2)cc1. The molecule has 2 heteroatoms. The molecule has 0 aliphatic rings. The Bertz CT molecular complexity index is 586. The molecule has 1 atom stereocenters. The summed E-state index contributed by atoms with van der Waals surface area (Å²) in [6, 6.07) is 15.7. The van der Waals surface area contributed by atoms with Crippen LogP contribution in [0.15, 0.2) is 61.2 Å². The predicted octanol–water partition coefficient (Wildman–Crippen LogP) is 5.30. The van der Waals surface area contributed by atoms with Crippen molar-refractivity contribution < 1.29 is 4.74 Å². The molecule has 0 aromatic heterocycles. The van der Waals surface area contributed by atoms with Crippen molar-refractivity contribution in [3.8, 4) is 11.5 Å². The van der Waals surface area contributed by atoms with Crippen LogP contribution in [0.2, 0.25) is 0 Å². The van der Waals surface area contributed by atoms with Crippen molar-refractivity contribution in [1.29, 1.82) is 0 Å². The van der Waals surface area contributed by atoms with E-state index in [2.05, 4.69) is 32.6 Å². The van der Waals surface area contributed by atoms with E-state index in [-0.39, 0.29) is 5.41 Å². The number of anilines is 1. The van der Waals surface area contributed by atoms with E-state index < -0.39 is 0 Å². The second-order valence-corrected chi connectivity index (χ2v) is 5.60. The van der Waals surface area contributed by atoms with E-state index in [1.54, 1.807) is 0 Å². The quantitative estimate of drug-likeness (QED) is 0.575. The maximum atomic E-state index is 5.82. The summed E-state index contributed by atoms with van der Waals surface area (Å²) in [4.78, 5) is 0. The molecule has 0 bridgehead atoms. The van der Waals surface area contributed by atoms with Crippen molar-refractivity contribution in [2.24, 2.45) is 0 Å². The van der Waals surface area contributed by atoms with E-state index in [0.29, 0.717) is 0 Å². The molecule has 2 aromatic rings. The van der Waals surface area contributed by atoms with Gasteiger partial charge in [0.05, 0.1) is 0 Å². The van der Waals surface area contributed by atoms with Crippen molar-refractivity contribution in [3.63, 3.8) is 0 Å². The summed E-state index contributed by atoms with van der Waals surface area (Å²) in [5.41, 5.74) is 7.86. The van der Waals surface area contributed by atoms with Crippen LogP contribution in [0.3, 0.4) is 0 Å². The summed E-state index contributed by atoms with van der Waals surface area (Å²) in [5, 5.41) is 0. The Morgan fingerprint density at radius 2 is 1.57 bits per heavy atom. The predicted molar refractivity (Wildman–Crippen MR) is 89.8 cm³/mol. The lowest BCUT2D eigenvalue weighted by molar-refractivity contribution is 0.457. The van der Waals surface area contributed by atoms with Gasteiger partial charge in [-0.15, -0.1) is 6.58 Å². The first-order valence-corrected chi connectivity index (χ1v) is 7.32. The normalized spacial score (nSPS) is 13.4. The number of ether oxygens (including phenoxy) is 1. The van der Waals surface area contributed by atoms with Crippen molar-refractivity contribution in [2.75, 3.05) is 5.73 Å². The first-order valence-electron chi connectivity index (χ1n) is 7.32. The lowest BCUT2D eigenvalue weighted by Gasteiger charge is -2.27. The van der Waals surface area contributed by atoms with Gasteiger partial charge in [-0.1, -0.05) is 32.1 Å². The number of rotatable bonds is 6. The minimum atomic E-state index is 0.140. The fourth-order valence-corrected chi connectivity index (χ4v) is 2.38. The fourth-order valence-electron chi connectivity index (χ4n) is 2.38. The van der Waals surface area contributed by atoms with Gasteiger partial charge in [0.15, 0.2) is 0 Å². The number of hydrogen-bond donors (Lipinski definition) is 1. The van der Waals surface area contributed by atoms with Crippen LogP contribution in [0, 0.1) is 0 Å². The van der Waals surface area contributed by atoms with Gasteiger partial charge in [-0.3, -0.25) is 0 Å². The average Bonchev–Trinajstić information content (AvgIpc) is 2.50. The summed E-state index contributed by atoms with van der Waals surface area (Å²) in [7, 11) is 0. The van der Waals surface area contributed by atoms with Gasteiger partial charge < -0.3 is 10.5 Å². The van der Waals surface area contributed by atoms with E-state index in [4.69, 9.17) is 10.5 Å². The molecular weight excluding hydrogens is 258 g/mol. The Morgan fingerprint density at radius 3 is 2.05 bits per heavy atom. The topological polar surface area (TPSA) is 35.2 Å². The van der Waals surface area contributed by atoms with Crippen LogP contribution in [0.5, 0.6) is 11.5 Å². The molecule has 0 saturated carbocycles. The molecule has 0 aliphatic carbocycles. The minimum Gasteiger partial charge on any atom is -0.457 e. The molecule has 0 radical (unpaired) electrons. The Morgan fingerprint density at radius 1 is 1.05 bits per heavy atom. The van der Waals surface area contributed by atoms with E-state index in [0.717, 1.165) is 30.0 Å². The van der Waals surface area contributed by atoms with Gasteiger partial charge in [0.25, 0.3) is 0 Å². The maximum Gasteiger partial charge on any atom is 0.127 e. The van der Waals surface area contributed by atoms with Crippen LogP contribution >= 0.6 is 0 Å². The summed E-state index contributed by atoms with van der Waals surface area (Å²) >= 11 is 0.